The molecule has 1 aromatic rings. The molecule has 0 fully saturated rings. The van der Waals surface area contributed by atoms with Gasteiger partial charge in [-0.1, -0.05) is 6.07 Å². The lowest BCUT2D eigenvalue weighted by molar-refractivity contribution is -0.139. The Labute approximate surface area is 82.8 Å². The number of hydrogen-bond acceptors (Lipinski definition) is 4. The van der Waals surface area contributed by atoms with Crippen LogP contribution in [0, 0.1) is 6.92 Å². The van der Waals surface area contributed by atoms with Crippen molar-refractivity contribution >= 4 is 17.3 Å². The predicted molar refractivity (Wildman–Crippen MR) is 55.7 cm³/mol. The Morgan fingerprint density at radius 2 is 2.00 bits per heavy atom. The van der Waals surface area contributed by atoms with Gasteiger partial charge in [0.05, 0.1) is 13.5 Å². The van der Waals surface area contributed by atoms with Crippen LogP contribution in [0.25, 0.3) is 0 Å². The van der Waals surface area contributed by atoms with E-state index in [0.29, 0.717) is 11.4 Å². The number of anilines is 2. The maximum Gasteiger partial charge on any atom is 0.310 e. The van der Waals surface area contributed by atoms with Crippen LogP contribution in [0.1, 0.15) is 11.1 Å². The van der Waals surface area contributed by atoms with Gasteiger partial charge >= 0.3 is 5.97 Å². The van der Waals surface area contributed by atoms with Gasteiger partial charge < -0.3 is 16.2 Å². The molecule has 0 unspecified atom stereocenters. The second-order valence-electron chi connectivity index (χ2n) is 3.16. The highest BCUT2D eigenvalue weighted by atomic mass is 16.5. The van der Waals surface area contributed by atoms with E-state index in [-0.39, 0.29) is 12.4 Å². The fraction of sp³-hybridized carbons (Fsp3) is 0.300. The fourth-order valence-electron chi connectivity index (χ4n) is 1.18. The van der Waals surface area contributed by atoms with Crippen molar-refractivity contribution in [3.05, 3.63) is 23.3 Å². The van der Waals surface area contributed by atoms with Crippen LogP contribution in [0.3, 0.4) is 0 Å². The quantitative estimate of drug-likeness (QED) is 0.541. The minimum atomic E-state index is -0.305. The molecule has 4 N–H and O–H groups in total. The first-order valence-corrected chi connectivity index (χ1v) is 4.26. The highest BCUT2D eigenvalue weighted by molar-refractivity contribution is 5.76. The molecule has 0 aliphatic rings. The topological polar surface area (TPSA) is 78.3 Å². The van der Waals surface area contributed by atoms with E-state index in [0.717, 1.165) is 11.1 Å². The Balaban J connectivity index is 2.98. The van der Waals surface area contributed by atoms with E-state index < -0.39 is 0 Å². The Morgan fingerprint density at radius 1 is 1.36 bits per heavy atom. The number of carbonyl (C=O) groups excluding carboxylic acids is 1. The monoisotopic (exact) mass is 194 g/mol. The van der Waals surface area contributed by atoms with E-state index in [4.69, 9.17) is 11.5 Å². The summed E-state index contributed by atoms with van der Waals surface area (Å²) in [6.07, 6.45) is 0.184. The molecule has 0 atom stereocenters. The molecule has 0 aromatic heterocycles. The predicted octanol–water partition coefficient (Wildman–Crippen LogP) is 0.875. The van der Waals surface area contributed by atoms with Crippen LogP contribution >= 0.6 is 0 Å². The molecule has 0 spiro atoms. The number of benzene rings is 1. The molecule has 0 saturated carbocycles. The van der Waals surface area contributed by atoms with E-state index in [2.05, 4.69) is 4.74 Å². The Bertz CT molecular complexity index is 361. The van der Waals surface area contributed by atoms with Gasteiger partial charge in [-0.2, -0.15) is 0 Å². The summed E-state index contributed by atoms with van der Waals surface area (Å²) in [5.74, 6) is -0.305. The highest BCUT2D eigenvalue weighted by Crippen LogP contribution is 2.20. The molecule has 0 saturated heterocycles. The Kier molecular flexibility index (Phi) is 2.96. The van der Waals surface area contributed by atoms with Crippen molar-refractivity contribution in [3.63, 3.8) is 0 Å². The molecule has 0 heterocycles. The molecule has 14 heavy (non-hydrogen) atoms. The minimum Gasteiger partial charge on any atom is -0.469 e. The standard InChI is InChI=1S/C10H14N2O2/c1-6-3-7(4-10(13)14-2)9(12)5-8(6)11/h3,5H,4,11-12H2,1-2H3. The molecular weight excluding hydrogens is 180 g/mol. The zero-order chi connectivity index (χ0) is 10.7. The molecule has 1 aromatic carbocycles. The maximum absolute atomic E-state index is 11.0. The number of hydrogen-bond donors (Lipinski definition) is 2. The summed E-state index contributed by atoms with van der Waals surface area (Å²) >= 11 is 0. The van der Waals surface area contributed by atoms with Crippen molar-refractivity contribution in [2.75, 3.05) is 18.6 Å². The second kappa shape index (κ2) is 4.00. The van der Waals surface area contributed by atoms with Crippen LogP contribution in [0.2, 0.25) is 0 Å². The molecule has 4 heteroatoms. The first-order chi connectivity index (χ1) is 6.54. The van der Waals surface area contributed by atoms with Crippen LogP contribution in [0.4, 0.5) is 11.4 Å². The number of aryl methyl sites for hydroxylation is 1. The van der Waals surface area contributed by atoms with Crippen LogP contribution in [-0.2, 0) is 16.0 Å². The summed E-state index contributed by atoms with van der Waals surface area (Å²) in [6, 6.07) is 3.47. The minimum absolute atomic E-state index is 0.184. The van der Waals surface area contributed by atoms with Gasteiger partial charge in [0.2, 0.25) is 0 Å². The molecule has 0 amide bonds. The van der Waals surface area contributed by atoms with E-state index in [1.54, 1.807) is 6.07 Å². The molecule has 0 aliphatic heterocycles. The zero-order valence-electron chi connectivity index (χ0n) is 8.33. The number of carbonyl (C=O) groups is 1. The van der Waals surface area contributed by atoms with Gasteiger partial charge in [0.15, 0.2) is 0 Å². The smallest absolute Gasteiger partial charge is 0.310 e. The van der Waals surface area contributed by atoms with E-state index in [9.17, 15) is 4.79 Å². The number of rotatable bonds is 2. The third-order valence-electron chi connectivity index (χ3n) is 2.09. The lowest BCUT2D eigenvalue weighted by Crippen LogP contribution is -2.07. The second-order valence-corrected chi connectivity index (χ2v) is 3.16. The van der Waals surface area contributed by atoms with Gasteiger partial charge in [0.1, 0.15) is 0 Å². The Morgan fingerprint density at radius 3 is 2.57 bits per heavy atom. The first-order valence-electron chi connectivity index (χ1n) is 4.26. The van der Waals surface area contributed by atoms with Crippen molar-refractivity contribution in [2.45, 2.75) is 13.3 Å². The average Bonchev–Trinajstić information content (AvgIpc) is 2.14. The number of methoxy groups -OCH3 is 1. The largest absolute Gasteiger partial charge is 0.469 e. The number of esters is 1. The maximum atomic E-state index is 11.0. The first kappa shape index (κ1) is 10.4. The van der Waals surface area contributed by atoms with Gasteiger partial charge in [0.25, 0.3) is 0 Å². The van der Waals surface area contributed by atoms with Crippen molar-refractivity contribution in [3.8, 4) is 0 Å². The Hall–Kier alpha value is -1.71. The number of nitrogens with two attached hydrogens (primary N) is 2. The van der Waals surface area contributed by atoms with Crippen LogP contribution in [0.5, 0.6) is 0 Å². The average molecular weight is 194 g/mol. The normalized spacial score (nSPS) is 9.86. The van der Waals surface area contributed by atoms with Crippen molar-refractivity contribution in [1.82, 2.24) is 0 Å². The van der Waals surface area contributed by atoms with Crippen LogP contribution in [0.15, 0.2) is 12.1 Å². The van der Waals surface area contributed by atoms with Gasteiger partial charge in [0, 0.05) is 11.4 Å². The molecule has 76 valence electrons. The van der Waals surface area contributed by atoms with Crippen LogP contribution in [-0.4, -0.2) is 13.1 Å². The molecule has 4 nitrogen and oxygen atoms in total. The van der Waals surface area contributed by atoms with E-state index >= 15 is 0 Å². The van der Waals surface area contributed by atoms with Crippen molar-refractivity contribution in [1.29, 1.82) is 0 Å². The van der Waals surface area contributed by atoms with E-state index in [1.807, 2.05) is 13.0 Å². The molecule has 0 aliphatic carbocycles. The number of nitrogen functional groups attached to an aromatic ring is 2. The van der Waals surface area contributed by atoms with Gasteiger partial charge in [-0.15, -0.1) is 0 Å². The zero-order valence-corrected chi connectivity index (χ0v) is 8.33. The summed E-state index contributed by atoms with van der Waals surface area (Å²) in [6.45, 7) is 1.87. The summed E-state index contributed by atoms with van der Waals surface area (Å²) in [5.41, 5.74) is 14.2. The fourth-order valence-corrected chi connectivity index (χ4v) is 1.18. The van der Waals surface area contributed by atoms with Crippen LogP contribution < -0.4 is 11.5 Å². The van der Waals surface area contributed by atoms with Crippen molar-refractivity contribution < 1.29 is 9.53 Å². The van der Waals surface area contributed by atoms with E-state index in [1.165, 1.54) is 7.11 Å². The molecule has 1 rings (SSSR count). The SMILES string of the molecule is COC(=O)Cc1cc(C)c(N)cc1N. The third kappa shape index (κ3) is 2.16. The molecule has 0 bridgehead atoms. The summed E-state index contributed by atoms with van der Waals surface area (Å²) < 4.78 is 4.55. The summed E-state index contributed by atoms with van der Waals surface area (Å²) in [7, 11) is 1.35. The molecular formula is C10H14N2O2. The van der Waals surface area contributed by atoms with Crippen molar-refractivity contribution in [2.24, 2.45) is 0 Å². The number of ether oxygens (including phenoxy) is 1. The summed E-state index contributed by atoms with van der Waals surface area (Å²) in [5, 5.41) is 0. The molecule has 0 radical (unpaired) electrons. The lowest BCUT2D eigenvalue weighted by atomic mass is 10.1. The lowest BCUT2D eigenvalue weighted by Gasteiger charge is -2.08. The van der Waals surface area contributed by atoms with Gasteiger partial charge in [-0.25, -0.2) is 0 Å². The van der Waals surface area contributed by atoms with Gasteiger partial charge in [-0.3, -0.25) is 4.79 Å². The third-order valence-corrected chi connectivity index (χ3v) is 2.09. The van der Waals surface area contributed by atoms with Gasteiger partial charge in [-0.05, 0) is 24.1 Å². The summed E-state index contributed by atoms with van der Waals surface area (Å²) in [4.78, 5) is 11.0. The highest BCUT2D eigenvalue weighted by Gasteiger charge is 2.08.